The zero-order valence-corrected chi connectivity index (χ0v) is 26.6. The van der Waals surface area contributed by atoms with E-state index in [1.54, 1.807) is 17.5 Å². The first-order valence-electron chi connectivity index (χ1n) is 11.0. The summed E-state index contributed by atoms with van der Waals surface area (Å²) in [6.45, 7) is 6.23. The Morgan fingerprint density at radius 1 is 0.950 bits per heavy atom. The molecular weight excluding hydrogens is 680 g/mol. The molecule has 0 saturated carbocycles. The molecule has 0 aliphatic carbocycles. The van der Waals surface area contributed by atoms with Crippen LogP contribution in [0, 0.1) is 22.7 Å². The molecule has 10 nitrogen and oxygen atoms in total. The van der Waals surface area contributed by atoms with Gasteiger partial charge in [0.15, 0.2) is 10.3 Å². The number of benzene rings is 2. The lowest BCUT2D eigenvalue weighted by Crippen LogP contribution is -2.14. The molecule has 0 saturated heterocycles. The SMILES string of the molecule is CC(C)(C)c1csc(Nc2ccc(S(=O)(=O)Nc3nccs3)c(C#N)c2)n1.N#Cc1cc(Br)ccc1S(=O)(=O)Cl. The van der Waals surface area contributed by atoms with E-state index < -0.39 is 19.1 Å². The summed E-state index contributed by atoms with van der Waals surface area (Å²) >= 11 is 5.73. The van der Waals surface area contributed by atoms with Crippen LogP contribution in [-0.4, -0.2) is 26.8 Å². The van der Waals surface area contributed by atoms with Gasteiger partial charge in [0.25, 0.3) is 19.1 Å². The molecule has 0 radical (unpaired) electrons. The molecule has 0 bridgehead atoms. The number of nitrogens with one attached hydrogen (secondary N) is 2. The van der Waals surface area contributed by atoms with Crippen molar-refractivity contribution in [2.45, 2.75) is 36.0 Å². The minimum atomic E-state index is -3.90. The molecule has 2 aromatic heterocycles. The van der Waals surface area contributed by atoms with Crippen molar-refractivity contribution in [1.82, 2.24) is 9.97 Å². The number of nitriles is 2. The number of rotatable bonds is 6. The third-order valence-corrected chi connectivity index (χ3v) is 9.74. The molecule has 0 atom stereocenters. The van der Waals surface area contributed by atoms with Crippen LogP contribution in [0.25, 0.3) is 0 Å². The van der Waals surface area contributed by atoms with Gasteiger partial charge in [-0.25, -0.2) is 26.8 Å². The van der Waals surface area contributed by atoms with E-state index in [1.165, 1.54) is 47.9 Å². The number of aromatic nitrogens is 2. The van der Waals surface area contributed by atoms with Gasteiger partial charge in [-0.15, -0.1) is 22.7 Å². The quantitative estimate of drug-likeness (QED) is 0.212. The van der Waals surface area contributed by atoms with Crippen molar-refractivity contribution in [3.63, 3.8) is 0 Å². The van der Waals surface area contributed by atoms with E-state index in [1.807, 2.05) is 11.4 Å². The van der Waals surface area contributed by atoms with Crippen molar-refractivity contribution < 1.29 is 16.8 Å². The Kier molecular flexibility index (Phi) is 9.94. The van der Waals surface area contributed by atoms with Crippen molar-refractivity contribution in [2.75, 3.05) is 10.0 Å². The van der Waals surface area contributed by atoms with E-state index in [2.05, 4.69) is 56.7 Å². The molecule has 0 amide bonds. The topological polar surface area (TPSA) is 166 Å². The first kappa shape index (κ1) is 31.5. The smallest absolute Gasteiger partial charge is 0.264 e. The molecule has 4 rings (SSSR count). The van der Waals surface area contributed by atoms with Gasteiger partial charge in [0.2, 0.25) is 0 Å². The predicted octanol–water partition coefficient (Wildman–Crippen LogP) is 6.56. The summed E-state index contributed by atoms with van der Waals surface area (Å²) < 4.78 is 49.9. The van der Waals surface area contributed by atoms with Gasteiger partial charge in [-0.3, -0.25) is 4.72 Å². The first-order chi connectivity index (χ1) is 18.6. The molecule has 0 spiro atoms. The minimum Gasteiger partial charge on any atom is -0.332 e. The summed E-state index contributed by atoms with van der Waals surface area (Å²) in [5.41, 5.74) is 1.56. The van der Waals surface area contributed by atoms with Gasteiger partial charge >= 0.3 is 0 Å². The number of hydrogen-bond donors (Lipinski definition) is 2. The van der Waals surface area contributed by atoms with Crippen LogP contribution in [0.5, 0.6) is 0 Å². The number of sulfonamides is 1. The highest BCUT2D eigenvalue weighted by Crippen LogP contribution is 2.30. The lowest BCUT2D eigenvalue weighted by atomic mass is 9.93. The molecule has 2 aromatic carbocycles. The van der Waals surface area contributed by atoms with Crippen molar-refractivity contribution in [3.8, 4) is 12.1 Å². The van der Waals surface area contributed by atoms with Gasteiger partial charge in [-0.05, 0) is 36.4 Å². The Labute approximate surface area is 252 Å². The average Bonchev–Trinajstić information content (AvgIpc) is 3.55. The van der Waals surface area contributed by atoms with E-state index in [-0.39, 0.29) is 31.5 Å². The van der Waals surface area contributed by atoms with E-state index >= 15 is 0 Å². The summed E-state index contributed by atoms with van der Waals surface area (Å²) in [5, 5.41) is 25.7. The van der Waals surface area contributed by atoms with Crippen molar-refractivity contribution in [1.29, 1.82) is 10.5 Å². The van der Waals surface area contributed by atoms with Crippen LogP contribution in [0.4, 0.5) is 16.0 Å². The largest absolute Gasteiger partial charge is 0.332 e. The highest BCUT2D eigenvalue weighted by Gasteiger charge is 2.21. The van der Waals surface area contributed by atoms with Gasteiger partial charge in [0, 0.05) is 43.2 Å². The fraction of sp³-hybridized carbons (Fsp3) is 0.167. The maximum atomic E-state index is 12.5. The third kappa shape index (κ3) is 8.23. The van der Waals surface area contributed by atoms with Crippen LogP contribution in [0.3, 0.4) is 0 Å². The first-order valence-corrected chi connectivity index (χ1v) is 17.3. The Morgan fingerprint density at radius 3 is 2.15 bits per heavy atom. The third-order valence-electron chi connectivity index (χ3n) is 4.89. The van der Waals surface area contributed by atoms with Crippen molar-refractivity contribution in [2.24, 2.45) is 0 Å². The Morgan fingerprint density at radius 2 is 1.60 bits per heavy atom. The number of nitrogens with zero attached hydrogens (tertiary/aromatic N) is 4. The molecule has 40 heavy (non-hydrogen) atoms. The van der Waals surface area contributed by atoms with Crippen LogP contribution < -0.4 is 10.0 Å². The molecular formula is C24H20BrClN6O4S4. The minimum absolute atomic E-state index is 0.0318. The molecule has 0 unspecified atom stereocenters. The van der Waals surface area contributed by atoms with E-state index in [9.17, 15) is 22.1 Å². The molecule has 2 heterocycles. The standard InChI is InChI=1S/C17H17N5O2S3.C7H3BrClNO2S/c1-17(2,3)14-10-26-16(21-14)20-12-4-5-13(11(8-12)9-18)27(23,24)22-15-19-6-7-25-15;8-6-1-2-7(13(9,11)12)5(3-6)4-10/h4-8,10H,1-3H3,(H,19,22)(H,20,21);1-3H. The monoisotopic (exact) mass is 698 g/mol. The zero-order valence-electron chi connectivity index (χ0n) is 21.0. The van der Waals surface area contributed by atoms with Crippen molar-refractivity contribution in [3.05, 3.63) is 74.6 Å². The number of hydrogen-bond acceptors (Lipinski definition) is 11. The second-order valence-electron chi connectivity index (χ2n) is 8.87. The maximum absolute atomic E-state index is 12.5. The van der Waals surface area contributed by atoms with E-state index in [0.717, 1.165) is 17.0 Å². The van der Waals surface area contributed by atoms with Gasteiger partial charge in [0.05, 0.1) is 16.8 Å². The summed E-state index contributed by atoms with van der Waals surface area (Å²) in [6, 6.07) is 12.4. The Bertz CT molecular complexity index is 1820. The summed E-state index contributed by atoms with van der Waals surface area (Å²) in [5.74, 6) is 0. The molecule has 4 aromatic rings. The molecule has 0 fully saturated rings. The molecule has 0 aliphatic heterocycles. The molecule has 208 valence electrons. The maximum Gasteiger partial charge on any atom is 0.264 e. The fourth-order valence-electron chi connectivity index (χ4n) is 2.97. The van der Waals surface area contributed by atoms with Gasteiger partial charge < -0.3 is 5.32 Å². The lowest BCUT2D eigenvalue weighted by molar-refractivity contribution is 0.573. The van der Waals surface area contributed by atoms with E-state index in [0.29, 0.717) is 15.3 Å². The number of thiazole rings is 2. The van der Waals surface area contributed by atoms with Crippen LogP contribution in [-0.2, 0) is 24.5 Å². The fourth-order valence-corrected chi connectivity index (χ4v) is 7.22. The molecule has 16 heteroatoms. The summed E-state index contributed by atoms with van der Waals surface area (Å²) in [7, 11) is -2.63. The molecule has 2 N–H and O–H groups in total. The van der Waals surface area contributed by atoms with Gasteiger partial charge in [-0.2, -0.15) is 10.5 Å². The van der Waals surface area contributed by atoms with Crippen LogP contribution in [0.1, 0.15) is 37.6 Å². The van der Waals surface area contributed by atoms with Crippen LogP contribution >= 0.6 is 49.3 Å². The highest BCUT2D eigenvalue weighted by atomic mass is 79.9. The second-order valence-corrected chi connectivity index (χ2v) is 15.7. The summed E-state index contributed by atoms with van der Waals surface area (Å²) in [4.78, 5) is 8.18. The van der Waals surface area contributed by atoms with E-state index in [4.69, 9.17) is 15.9 Å². The Balaban J connectivity index is 0.000000285. The highest BCUT2D eigenvalue weighted by molar-refractivity contribution is 9.10. The summed E-state index contributed by atoms with van der Waals surface area (Å²) in [6.07, 6.45) is 1.50. The predicted molar refractivity (Wildman–Crippen MR) is 160 cm³/mol. The number of halogens is 2. The van der Waals surface area contributed by atoms with Crippen LogP contribution in [0.15, 0.2) is 67.6 Å². The van der Waals surface area contributed by atoms with Gasteiger partial charge in [-0.1, -0.05) is 36.7 Å². The Hall–Kier alpha value is -3.05. The zero-order chi connectivity index (χ0) is 29.7. The average molecular weight is 700 g/mol. The van der Waals surface area contributed by atoms with Crippen molar-refractivity contribution >= 4 is 84.3 Å². The molecule has 0 aliphatic rings. The lowest BCUT2D eigenvalue weighted by Gasteiger charge is -2.14. The second kappa shape index (κ2) is 12.6. The van der Waals surface area contributed by atoms with Gasteiger partial charge in [0.1, 0.15) is 21.9 Å². The van der Waals surface area contributed by atoms with Crippen LogP contribution in [0.2, 0.25) is 0 Å². The number of anilines is 3. The normalized spacial score (nSPS) is 11.5.